The molecule has 0 aliphatic rings. The van der Waals surface area contributed by atoms with E-state index >= 15 is 0 Å². The van der Waals surface area contributed by atoms with Crippen molar-refractivity contribution in [2.45, 2.75) is 26.7 Å². The summed E-state index contributed by atoms with van der Waals surface area (Å²) in [5.41, 5.74) is 1.10. The van der Waals surface area contributed by atoms with E-state index in [-0.39, 0.29) is 0 Å². The van der Waals surface area contributed by atoms with Crippen LogP contribution in [0.15, 0.2) is 42.5 Å². The minimum atomic E-state index is -1.92. The SMILES string of the molecule is CCCO[SiH](OCCC)c1ccc(-c2ccc(F)cc2F)cc1. The van der Waals surface area contributed by atoms with Crippen LogP contribution < -0.4 is 5.19 Å². The monoisotopic (exact) mass is 336 g/mol. The van der Waals surface area contributed by atoms with Gasteiger partial charge in [0.05, 0.1) is 0 Å². The highest BCUT2D eigenvalue weighted by atomic mass is 28.3. The number of halogens is 2. The topological polar surface area (TPSA) is 18.5 Å². The van der Waals surface area contributed by atoms with Gasteiger partial charge in [0, 0.05) is 24.8 Å². The highest BCUT2D eigenvalue weighted by Gasteiger charge is 2.16. The first-order valence-electron chi connectivity index (χ1n) is 7.94. The third kappa shape index (κ3) is 4.96. The average molecular weight is 336 g/mol. The van der Waals surface area contributed by atoms with Crippen LogP contribution in [0.25, 0.3) is 11.1 Å². The smallest absolute Gasteiger partial charge is 0.355 e. The molecular weight excluding hydrogens is 314 g/mol. The Morgan fingerprint density at radius 2 is 1.48 bits per heavy atom. The van der Waals surface area contributed by atoms with Gasteiger partial charge in [-0.3, -0.25) is 0 Å². The maximum Gasteiger partial charge on any atom is 0.355 e. The number of benzene rings is 2. The second-order valence-electron chi connectivity index (χ2n) is 5.32. The highest BCUT2D eigenvalue weighted by molar-refractivity contribution is 6.61. The Kier molecular flexibility index (Phi) is 6.89. The Morgan fingerprint density at radius 1 is 0.870 bits per heavy atom. The molecule has 0 unspecified atom stereocenters. The normalized spacial score (nSPS) is 11.2. The first kappa shape index (κ1) is 17.8. The van der Waals surface area contributed by atoms with E-state index in [1.54, 1.807) is 0 Å². The summed E-state index contributed by atoms with van der Waals surface area (Å²) in [5, 5.41) is 1.03. The molecule has 0 saturated carbocycles. The summed E-state index contributed by atoms with van der Waals surface area (Å²) in [4.78, 5) is 0. The van der Waals surface area contributed by atoms with Crippen molar-refractivity contribution in [2.24, 2.45) is 0 Å². The van der Waals surface area contributed by atoms with Gasteiger partial charge in [-0.05, 0) is 35.7 Å². The van der Waals surface area contributed by atoms with Crippen molar-refractivity contribution in [1.82, 2.24) is 0 Å². The second-order valence-corrected chi connectivity index (χ2v) is 7.32. The molecule has 0 radical (unpaired) electrons. The molecule has 0 atom stereocenters. The maximum atomic E-state index is 13.8. The third-order valence-electron chi connectivity index (χ3n) is 3.37. The van der Waals surface area contributed by atoms with E-state index in [0.717, 1.165) is 24.1 Å². The van der Waals surface area contributed by atoms with Crippen molar-refractivity contribution in [1.29, 1.82) is 0 Å². The molecule has 0 bridgehead atoms. The lowest BCUT2D eigenvalue weighted by Crippen LogP contribution is -2.37. The molecule has 2 aromatic rings. The predicted octanol–water partition coefficient (Wildman–Crippen LogP) is 3.91. The quantitative estimate of drug-likeness (QED) is 0.681. The molecule has 0 aliphatic heterocycles. The van der Waals surface area contributed by atoms with Crippen molar-refractivity contribution in [3.05, 3.63) is 54.1 Å². The lowest BCUT2D eigenvalue weighted by atomic mass is 10.1. The summed E-state index contributed by atoms with van der Waals surface area (Å²) < 4.78 is 38.6. The molecule has 5 heteroatoms. The molecule has 0 aliphatic carbocycles. The van der Waals surface area contributed by atoms with Crippen molar-refractivity contribution in [3.8, 4) is 11.1 Å². The van der Waals surface area contributed by atoms with Crippen LogP contribution in [-0.4, -0.2) is 22.5 Å². The zero-order valence-corrected chi connectivity index (χ0v) is 14.7. The lowest BCUT2D eigenvalue weighted by molar-refractivity contribution is 0.207. The molecule has 0 saturated heterocycles. The van der Waals surface area contributed by atoms with Gasteiger partial charge in [0.2, 0.25) is 0 Å². The summed E-state index contributed by atoms with van der Waals surface area (Å²) in [7, 11) is -1.92. The minimum absolute atomic E-state index is 0.389. The fraction of sp³-hybridized carbons (Fsp3) is 0.333. The first-order chi connectivity index (χ1) is 11.2. The van der Waals surface area contributed by atoms with Crippen LogP contribution in [0.2, 0.25) is 0 Å². The van der Waals surface area contributed by atoms with E-state index in [1.807, 2.05) is 24.3 Å². The molecule has 2 nitrogen and oxygen atoms in total. The van der Waals surface area contributed by atoms with Crippen LogP contribution >= 0.6 is 0 Å². The molecule has 0 heterocycles. The molecule has 23 heavy (non-hydrogen) atoms. The van der Waals surface area contributed by atoms with Gasteiger partial charge in [-0.25, -0.2) is 8.78 Å². The Hall–Kier alpha value is -1.56. The Bertz CT molecular complexity index is 609. The largest absolute Gasteiger partial charge is 0.393 e. The van der Waals surface area contributed by atoms with Gasteiger partial charge in [0.1, 0.15) is 11.6 Å². The molecule has 2 rings (SSSR count). The van der Waals surface area contributed by atoms with Crippen molar-refractivity contribution < 1.29 is 17.6 Å². The fourth-order valence-corrected chi connectivity index (χ4v) is 4.12. The van der Waals surface area contributed by atoms with Crippen molar-refractivity contribution in [2.75, 3.05) is 13.2 Å². The van der Waals surface area contributed by atoms with Gasteiger partial charge >= 0.3 is 9.28 Å². The van der Waals surface area contributed by atoms with E-state index in [9.17, 15) is 8.78 Å². The van der Waals surface area contributed by atoms with Gasteiger partial charge in [0.15, 0.2) is 0 Å². The number of hydrogen-bond acceptors (Lipinski definition) is 2. The predicted molar refractivity (Wildman–Crippen MR) is 91.1 cm³/mol. The van der Waals surface area contributed by atoms with Crippen LogP contribution in [-0.2, 0) is 8.85 Å². The molecule has 0 fully saturated rings. The van der Waals surface area contributed by atoms with Crippen LogP contribution in [0, 0.1) is 11.6 Å². The Morgan fingerprint density at radius 3 is 2.00 bits per heavy atom. The summed E-state index contributed by atoms with van der Waals surface area (Å²) in [5.74, 6) is -1.13. The molecule has 124 valence electrons. The molecular formula is C18H22F2O2Si. The summed E-state index contributed by atoms with van der Waals surface area (Å²) in [6.45, 7) is 5.47. The van der Waals surface area contributed by atoms with E-state index in [1.165, 1.54) is 12.1 Å². The Balaban J connectivity index is 2.18. The summed E-state index contributed by atoms with van der Waals surface area (Å²) >= 11 is 0. The molecule has 0 aromatic heterocycles. The van der Waals surface area contributed by atoms with Crippen LogP contribution in [0.3, 0.4) is 0 Å². The van der Waals surface area contributed by atoms with Gasteiger partial charge in [0.25, 0.3) is 0 Å². The van der Waals surface area contributed by atoms with Gasteiger partial charge < -0.3 is 8.85 Å². The summed E-state index contributed by atoms with van der Waals surface area (Å²) in [6.07, 6.45) is 1.88. The zero-order chi connectivity index (χ0) is 16.7. The standard InChI is InChI=1S/C18H22F2O2Si/c1-3-11-21-23(22-12-4-2)16-8-5-14(6-9-16)17-10-7-15(19)13-18(17)20/h5-10,13,23H,3-4,11-12H2,1-2H3. The number of hydrogen-bond donors (Lipinski definition) is 0. The minimum Gasteiger partial charge on any atom is -0.393 e. The van der Waals surface area contributed by atoms with Crippen LogP contribution in [0.4, 0.5) is 8.78 Å². The number of rotatable bonds is 8. The zero-order valence-electron chi connectivity index (χ0n) is 13.5. The van der Waals surface area contributed by atoms with E-state index in [4.69, 9.17) is 8.85 Å². The van der Waals surface area contributed by atoms with Gasteiger partial charge in [-0.1, -0.05) is 38.1 Å². The summed E-state index contributed by atoms with van der Waals surface area (Å²) in [6, 6.07) is 11.1. The first-order valence-corrected chi connectivity index (χ1v) is 9.46. The van der Waals surface area contributed by atoms with Crippen LogP contribution in [0.1, 0.15) is 26.7 Å². The van der Waals surface area contributed by atoms with Crippen molar-refractivity contribution in [3.63, 3.8) is 0 Å². The average Bonchev–Trinajstić information content (AvgIpc) is 2.55. The highest BCUT2D eigenvalue weighted by Crippen LogP contribution is 2.22. The fourth-order valence-electron chi connectivity index (χ4n) is 2.23. The van der Waals surface area contributed by atoms with E-state index in [0.29, 0.717) is 24.3 Å². The van der Waals surface area contributed by atoms with Crippen LogP contribution in [0.5, 0.6) is 0 Å². The molecule has 0 spiro atoms. The Labute approximate surface area is 137 Å². The van der Waals surface area contributed by atoms with E-state index < -0.39 is 20.9 Å². The molecule has 2 aromatic carbocycles. The van der Waals surface area contributed by atoms with E-state index in [2.05, 4.69) is 13.8 Å². The second kappa shape index (κ2) is 8.91. The lowest BCUT2D eigenvalue weighted by Gasteiger charge is -2.17. The van der Waals surface area contributed by atoms with Crippen molar-refractivity contribution >= 4 is 14.5 Å². The maximum absolute atomic E-state index is 13.8. The molecule has 0 amide bonds. The molecule has 0 N–H and O–H groups in total. The third-order valence-corrected chi connectivity index (χ3v) is 5.38. The van der Waals surface area contributed by atoms with Gasteiger partial charge in [-0.15, -0.1) is 0 Å². The van der Waals surface area contributed by atoms with Gasteiger partial charge in [-0.2, -0.15) is 0 Å².